The van der Waals surface area contributed by atoms with Crippen LogP contribution in [-0.4, -0.2) is 33.3 Å². The van der Waals surface area contributed by atoms with Gasteiger partial charge in [-0.05, 0) is 18.8 Å². The molecule has 0 saturated carbocycles. The van der Waals surface area contributed by atoms with Crippen LogP contribution >= 0.6 is 0 Å². The van der Waals surface area contributed by atoms with Crippen molar-refractivity contribution in [3.63, 3.8) is 0 Å². The van der Waals surface area contributed by atoms with Gasteiger partial charge in [0.05, 0.1) is 11.6 Å². The lowest BCUT2D eigenvalue weighted by Gasteiger charge is -2.24. The van der Waals surface area contributed by atoms with E-state index in [-0.39, 0.29) is 0 Å². The van der Waals surface area contributed by atoms with Crippen molar-refractivity contribution < 1.29 is 0 Å². The van der Waals surface area contributed by atoms with Crippen LogP contribution in [0.25, 0.3) is 11.0 Å². The molecule has 3 rings (SSSR count). The lowest BCUT2D eigenvalue weighted by atomic mass is 10.1. The zero-order chi connectivity index (χ0) is 12.5. The van der Waals surface area contributed by atoms with Gasteiger partial charge in [0.15, 0.2) is 5.65 Å². The van der Waals surface area contributed by atoms with Gasteiger partial charge >= 0.3 is 0 Å². The number of nitrogens with one attached hydrogen (secondary N) is 1. The Labute approximate surface area is 106 Å². The van der Waals surface area contributed by atoms with E-state index in [1.165, 1.54) is 19.3 Å². The molecular weight excluding hydrogens is 228 g/mol. The van der Waals surface area contributed by atoms with E-state index in [0.29, 0.717) is 11.9 Å². The van der Waals surface area contributed by atoms with E-state index in [0.717, 1.165) is 29.9 Å². The number of nitrogen functional groups attached to an aromatic ring is 1. The van der Waals surface area contributed by atoms with Gasteiger partial charge in [-0.25, -0.2) is 0 Å². The van der Waals surface area contributed by atoms with Gasteiger partial charge in [-0.15, -0.1) is 0 Å². The molecule has 1 atom stereocenters. The van der Waals surface area contributed by atoms with E-state index in [4.69, 9.17) is 5.73 Å². The van der Waals surface area contributed by atoms with Crippen molar-refractivity contribution in [3.8, 4) is 0 Å². The number of hydrogen-bond donors (Lipinski definition) is 2. The zero-order valence-corrected chi connectivity index (χ0v) is 10.6. The number of fused-ring (bicyclic) bond motifs is 1. The molecule has 6 nitrogen and oxygen atoms in total. The van der Waals surface area contributed by atoms with Crippen molar-refractivity contribution in [1.82, 2.24) is 20.2 Å². The monoisotopic (exact) mass is 246 g/mol. The first-order chi connectivity index (χ1) is 8.74. The molecule has 0 bridgehead atoms. The highest BCUT2D eigenvalue weighted by atomic mass is 15.2. The Morgan fingerprint density at radius 1 is 1.39 bits per heavy atom. The quantitative estimate of drug-likeness (QED) is 0.797. The fraction of sp³-hybridized carbons (Fsp3) is 0.583. The summed E-state index contributed by atoms with van der Waals surface area (Å²) in [5.74, 6) is 1.91. The van der Waals surface area contributed by atoms with Gasteiger partial charge < -0.3 is 10.6 Å². The Kier molecular flexibility index (Phi) is 2.77. The first-order valence-corrected chi connectivity index (χ1v) is 6.45. The topological polar surface area (TPSA) is 83.7 Å². The van der Waals surface area contributed by atoms with E-state index in [1.807, 2.05) is 0 Å². The summed E-state index contributed by atoms with van der Waals surface area (Å²) in [4.78, 5) is 10.9. The lowest BCUT2D eigenvalue weighted by Crippen LogP contribution is -2.28. The molecule has 0 spiro atoms. The van der Waals surface area contributed by atoms with Crippen LogP contribution in [0.4, 0.5) is 11.8 Å². The summed E-state index contributed by atoms with van der Waals surface area (Å²) in [5.41, 5.74) is 6.48. The van der Waals surface area contributed by atoms with Gasteiger partial charge in [0.2, 0.25) is 5.95 Å². The van der Waals surface area contributed by atoms with Crippen LogP contribution in [0.3, 0.4) is 0 Å². The third kappa shape index (κ3) is 1.98. The van der Waals surface area contributed by atoms with E-state index < -0.39 is 0 Å². The first kappa shape index (κ1) is 11.3. The normalized spacial score (nSPS) is 21.2. The second-order valence-electron chi connectivity index (χ2n) is 5.08. The Morgan fingerprint density at radius 3 is 3.17 bits per heavy atom. The third-order valence-corrected chi connectivity index (χ3v) is 3.51. The van der Waals surface area contributed by atoms with Crippen LogP contribution in [0.1, 0.15) is 26.2 Å². The van der Waals surface area contributed by atoms with Gasteiger partial charge in [0, 0.05) is 13.1 Å². The van der Waals surface area contributed by atoms with Crippen LogP contribution in [0, 0.1) is 5.92 Å². The number of aromatic amines is 1. The average molecular weight is 246 g/mol. The molecule has 1 saturated heterocycles. The number of nitrogens with zero attached hydrogens (tertiary/aromatic N) is 4. The minimum Gasteiger partial charge on any atom is -0.368 e. The minimum atomic E-state index is 0.304. The smallest absolute Gasteiger partial charge is 0.224 e. The lowest BCUT2D eigenvalue weighted by molar-refractivity contribution is 0.544. The number of aromatic nitrogens is 4. The summed E-state index contributed by atoms with van der Waals surface area (Å²) in [7, 11) is 0. The Bertz CT molecular complexity index is 548. The largest absolute Gasteiger partial charge is 0.368 e. The molecule has 18 heavy (non-hydrogen) atoms. The molecule has 2 aromatic rings. The molecule has 1 fully saturated rings. The number of nitrogens with two attached hydrogens (primary N) is 1. The number of hydrogen-bond acceptors (Lipinski definition) is 5. The van der Waals surface area contributed by atoms with Crippen LogP contribution in [0.15, 0.2) is 6.20 Å². The van der Waals surface area contributed by atoms with E-state index in [1.54, 1.807) is 6.20 Å². The number of anilines is 2. The van der Waals surface area contributed by atoms with E-state index in [9.17, 15) is 0 Å². The van der Waals surface area contributed by atoms with Crippen LogP contribution in [-0.2, 0) is 0 Å². The molecule has 1 unspecified atom stereocenters. The molecule has 0 radical (unpaired) electrons. The zero-order valence-electron chi connectivity index (χ0n) is 10.6. The van der Waals surface area contributed by atoms with Crippen molar-refractivity contribution >= 4 is 22.8 Å². The maximum absolute atomic E-state index is 5.77. The summed E-state index contributed by atoms with van der Waals surface area (Å²) < 4.78 is 0. The Morgan fingerprint density at radius 2 is 2.28 bits per heavy atom. The van der Waals surface area contributed by atoms with Crippen LogP contribution < -0.4 is 10.6 Å². The van der Waals surface area contributed by atoms with Crippen LogP contribution in [0.2, 0.25) is 0 Å². The Balaban J connectivity index is 2.03. The molecular formula is C12H18N6. The second kappa shape index (κ2) is 4.44. The molecule has 3 heterocycles. The van der Waals surface area contributed by atoms with Crippen molar-refractivity contribution in [2.24, 2.45) is 5.92 Å². The minimum absolute atomic E-state index is 0.304. The van der Waals surface area contributed by atoms with Crippen LogP contribution in [0.5, 0.6) is 0 Å². The molecule has 96 valence electrons. The highest BCUT2D eigenvalue weighted by Gasteiger charge is 2.19. The van der Waals surface area contributed by atoms with Crippen molar-refractivity contribution in [2.75, 3.05) is 23.7 Å². The fourth-order valence-electron chi connectivity index (χ4n) is 2.62. The third-order valence-electron chi connectivity index (χ3n) is 3.51. The molecule has 0 aromatic carbocycles. The van der Waals surface area contributed by atoms with Gasteiger partial charge in [-0.1, -0.05) is 13.3 Å². The maximum atomic E-state index is 5.77. The second-order valence-corrected chi connectivity index (χ2v) is 5.08. The summed E-state index contributed by atoms with van der Waals surface area (Å²) in [5, 5.41) is 7.85. The standard InChI is InChI=1S/C12H18N6/c1-8-4-2-3-5-18(7-8)11-9-6-14-17-10(9)15-12(13)16-11/h6,8H,2-5,7H2,1H3,(H3,13,14,15,16,17). The summed E-state index contributed by atoms with van der Waals surface area (Å²) >= 11 is 0. The SMILES string of the molecule is CC1CCCCN(c2nc(N)nc3[nH]ncc23)C1. The van der Waals surface area contributed by atoms with E-state index >= 15 is 0 Å². The first-order valence-electron chi connectivity index (χ1n) is 6.45. The Hall–Kier alpha value is -1.85. The highest BCUT2D eigenvalue weighted by Crippen LogP contribution is 2.26. The highest BCUT2D eigenvalue weighted by molar-refractivity contribution is 5.87. The van der Waals surface area contributed by atoms with Gasteiger partial charge in [-0.3, -0.25) is 5.10 Å². The van der Waals surface area contributed by atoms with Crippen molar-refractivity contribution in [2.45, 2.75) is 26.2 Å². The predicted octanol–water partition coefficient (Wildman–Crippen LogP) is 1.56. The molecule has 3 N–H and O–H groups in total. The average Bonchev–Trinajstić information content (AvgIpc) is 2.69. The molecule has 0 amide bonds. The van der Waals surface area contributed by atoms with E-state index in [2.05, 4.69) is 32.0 Å². The summed E-state index contributed by atoms with van der Waals surface area (Å²) in [6, 6.07) is 0. The maximum Gasteiger partial charge on any atom is 0.224 e. The molecule has 2 aromatic heterocycles. The van der Waals surface area contributed by atoms with Crippen molar-refractivity contribution in [3.05, 3.63) is 6.20 Å². The fourth-order valence-corrected chi connectivity index (χ4v) is 2.62. The molecule has 6 heteroatoms. The molecule has 0 aliphatic carbocycles. The van der Waals surface area contributed by atoms with Gasteiger partial charge in [-0.2, -0.15) is 15.1 Å². The summed E-state index contributed by atoms with van der Waals surface area (Å²) in [6.45, 7) is 4.34. The van der Waals surface area contributed by atoms with Gasteiger partial charge in [0.25, 0.3) is 0 Å². The van der Waals surface area contributed by atoms with Gasteiger partial charge in [0.1, 0.15) is 5.82 Å². The molecule has 1 aliphatic rings. The molecule has 1 aliphatic heterocycles. The van der Waals surface area contributed by atoms with Crippen molar-refractivity contribution in [1.29, 1.82) is 0 Å². The summed E-state index contributed by atoms with van der Waals surface area (Å²) in [6.07, 6.45) is 5.55. The number of rotatable bonds is 1. The predicted molar refractivity (Wildman–Crippen MR) is 71.3 cm³/mol. The number of H-pyrrole nitrogens is 1.